The largest absolute Gasteiger partial charge is 0.444 e. The van der Waals surface area contributed by atoms with E-state index in [9.17, 15) is 9.59 Å². The van der Waals surface area contributed by atoms with Crippen LogP contribution in [0.25, 0.3) is 0 Å². The van der Waals surface area contributed by atoms with Gasteiger partial charge in [-0.15, -0.1) is 0 Å². The van der Waals surface area contributed by atoms with Crippen LogP contribution in [-0.4, -0.2) is 73.2 Å². The highest BCUT2D eigenvalue weighted by atomic mass is 35.5. The molecule has 206 valence electrons. The van der Waals surface area contributed by atoms with Crippen molar-refractivity contribution in [1.82, 2.24) is 9.80 Å². The highest BCUT2D eigenvalue weighted by Gasteiger charge is 2.35. The molecule has 8 heteroatoms. The number of benzene rings is 2. The van der Waals surface area contributed by atoms with Crippen molar-refractivity contribution < 1.29 is 14.3 Å². The zero-order valence-corrected chi connectivity index (χ0v) is 24.3. The zero-order valence-electron chi connectivity index (χ0n) is 23.5. The Hall–Kier alpha value is -2.93. The predicted octanol–water partition coefficient (Wildman–Crippen LogP) is 5.83. The van der Waals surface area contributed by atoms with Gasteiger partial charge in [-0.05, 0) is 62.7 Å². The van der Waals surface area contributed by atoms with Crippen molar-refractivity contribution in [3.63, 3.8) is 0 Å². The topological polar surface area (TPSA) is 56.3 Å². The lowest BCUT2D eigenvalue weighted by molar-refractivity contribution is -0.140. The first-order valence-corrected chi connectivity index (χ1v) is 13.8. The van der Waals surface area contributed by atoms with E-state index < -0.39 is 11.0 Å². The van der Waals surface area contributed by atoms with Crippen LogP contribution in [0.15, 0.2) is 48.5 Å². The van der Waals surface area contributed by atoms with Crippen molar-refractivity contribution in [1.29, 1.82) is 0 Å². The summed E-state index contributed by atoms with van der Waals surface area (Å²) in [6, 6.07) is 16.6. The van der Waals surface area contributed by atoms with Crippen LogP contribution in [0.5, 0.6) is 0 Å². The van der Waals surface area contributed by atoms with E-state index in [4.69, 9.17) is 16.3 Å². The van der Waals surface area contributed by atoms with Gasteiger partial charge in [-0.3, -0.25) is 4.79 Å². The molecule has 2 aliphatic heterocycles. The summed E-state index contributed by atoms with van der Waals surface area (Å²) in [4.78, 5) is 34.0. The first kappa shape index (κ1) is 28.1. The summed E-state index contributed by atoms with van der Waals surface area (Å²) in [5.41, 5.74) is 2.50. The second-order valence-corrected chi connectivity index (χ2v) is 12.7. The lowest BCUT2D eigenvalue weighted by Gasteiger charge is -2.44. The highest BCUT2D eigenvalue weighted by molar-refractivity contribution is 6.30. The van der Waals surface area contributed by atoms with E-state index >= 15 is 0 Å². The molecule has 7 nitrogen and oxygen atoms in total. The number of nitrogens with zero attached hydrogens (tertiary/aromatic N) is 4. The number of carbonyl (C=O) groups is 2. The molecule has 2 fully saturated rings. The molecule has 0 bridgehead atoms. The Morgan fingerprint density at radius 2 is 1.32 bits per heavy atom. The van der Waals surface area contributed by atoms with Gasteiger partial charge >= 0.3 is 6.09 Å². The molecule has 0 saturated carbocycles. The van der Waals surface area contributed by atoms with E-state index in [0.29, 0.717) is 31.2 Å². The minimum atomic E-state index is -0.490. The van der Waals surface area contributed by atoms with E-state index in [1.807, 2.05) is 58.6 Å². The Morgan fingerprint density at radius 3 is 1.87 bits per heavy atom. The maximum atomic E-state index is 13.1. The van der Waals surface area contributed by atoms with E-state index in [0.717, 1.165) is 31.0 Å². The fraction of sp³-hybridized carbons (Fsp3) is 0.533. The molecule has 2 aromatic carbocycles. The summed E-state index contributed by atoms with van der Waals surface area (Å²) < 4.78 is 5.53. The maximum Gasteiger partial charge on any atom is 0.410 e. The second kappa shape index (κ2) is 11.0. The first-order valence-electron chi connectivity index (χ1n) is 13.5. The number of ether oxygens (including phenoxy) is 1. The van der Waals surface area contributed by atoms with Crippen LogP contribution in [0, 0.1) is 5.41 Å². The number of halogens is 1. The summed E-state index contributed by atoms with van der Waals surface area (Å²) in [6.45, 7) is 16.5. The fourth-order valence-electron chi connectivity index (χ4n) is 5.05. The Kier molecular flexibility index (Phi) is 8.17. The summed E-state index contributed by atoms with van der Waals surface area (Å²) in [6.07, 6.45) is -0.249. The number of piperazine rings is 2. The van der Waals surface area contributed by atoms with Gasteiger partial charge in [-0.2, -0.15) is 0 Å². The standard InChI is InChI=1S/C30H41ClN4O3/c1-29(2,3)27(36)34-19-20-35(25-13-9-23(31)10-14-25)26(21-34)22-7-11-24(12-8-22)32-15-17-33(18-16-32)28(37)38-30(4,5)6/h7-14,26H,15-21H2,1-6H3/t26-/m0/s1. The average Bonchev–Trinajstić information content (AvgIpc) is 2.87. The molecular formula is C30H41ClN4O3. The molecule has 1 atom stereocenters. The van der Waals surface area contributed by atoms with Crippen LogP contribution in [-0.2, 0) is 9.53 Å². The van der Waals surface area contributed by atoms with E-state index in [-0.39, 0.29) is 18.0 Å². The SMILES string of the molecule is CC(C)(C)OC(=O)N1CCN(c2ccc([C@@H]3CN(C(=O)C(C)(C)C)CCN3c3ccc(Cl)cc3)cc2)CC1. The Bertz CT molecular complexity index is 1110. The van der Waals surface area contributed by atoms with Crippen molar-refractivity contribution in [3.05, 3.63) is 59.1 Å². The van der Waals surface area contributed by atoms with E-state index in [2.05, 4.69) is 46.2 Å². The van der Waals surface area contributed by atoms with E-state index in [1.165, 1.54) is 5.56 Å². The predicted molar refractivity (Wildman–Crippen MR) is 154 cm³/mol. The minimum absolute atomic E-state index is 0.0364. The summed E-state index contributed by atoms with van der Waals surface area (Å²) in [5.74, 6) is 0.178. The molecule has 0 aliphatic carbocycles. The van der Waals surface area contributed by atoms with Crippen molar-refractivity contribution in [2.75, 3.05) is 55.6 Å². The molecule has 4 rings (SSSR count). The molecule has 2 aliphatic rings. The first-order chi connectivity index (χ1) is 17.8. The van der Waals surface area contributed by atoms with Gasteiger partial charge in [0.15, 0.2) is 0 Å². The van der Waals surface area contributed by atoms with Crippen LogP contribution >= 0.6 is 11.6 Å². The van der Waals surface area contributed by atoms with Crippen LogP contribution in [0.3, 0.4) is 0 Å². The van der Waals surface area contributed by atoms with Crippen LogP contribution in [0.4, 0.5) is 16.2 Å². The van der Waals surface area contributed by atoms with E-state index in [1.54, 1.807) is 4.90 Å². The maximum absolute atomic E-state index is 13.1. The molecule has 2 heterocycles. The van der Waals surface area contributed by atoms with Gasteiger partial charge in [0, 0.05) is 67.6 Å². The number of carbonyl (C=O) groups excluding carboxylic acids is 2. The molecule has 0 unspecified atom stereocenters. The van der Waals surface area contributed by atoms with Crippen LogP contribution in [0.1, 0.15) is 53.1 Å². The quantitative estimate of drug-likeness (QED) is 0.490. The Labute approximate surface area is 232 Å². The van der Waals surface area contributed by atoms with Gasteiger partial charge in [0.25, 0.3) is 0 Å². The third-order valence-electron chi connectivity index (χ3n) is 7.04. The average molecular weight is 541 g/mol. The van der Waals surface area contributed by atoms with Crippen molar-refractivity contribution in [2.24, 2.45) is 5.41 Å². The lowest BCUT2D eigenvalue weighted by atomic mass is 9.92. The molecule has 0 spiro atoms. The van der Waals surface area contributed by atoms with Crippen LogP contribution in [0.2, 0.25) is 5.02 Å². The van der Waals surface area contributed by atoms with Gasteiger partial charge in [-0.1, -0.05) is 44.5 Å². The van der Waals surface area contributed by atoms with Gasteiger partial charge in [-0.25, -0.2) is 4.79 Å². The summed E-state index contributed by atoms with van der Waals surface area (Å²) >= 11 is 6.16. The second-order valence-electron chi connectivity index (χ2n) is 12.2. The molecule has 2 amide bonds. The molecule has 2 saturated heterocycles. The smallest absolute Gasteiger partial charge is 0.410 e. The fourth-order valence-corrected chi connectivity index (χ4v) is 5.18. The molecular weight excluding hydrogens is 500 g/mol. The van der Waals surface area contributed by atoms with Crippen molar-refractivity contribution >= 4 is 35.0 Å². The zero-order chi connectivity index (χ0) is 27.7. The third kappa shape index (κ3) is 6.73. The number of hydrogen-bond acceptors (Lipinski definition) is 5. The van der Waals surface area contributed by atoms with Gasteiger partial charge in [0.2, 0.25) is 5.91 Å². The molecule has 2 aromatic rings. The number of rotatable bonds is 3. The number of anilines is 2. The normalized spacial score (nSPS) is 19.0. The Morgan fingerprint density at radius 1 is 0.763 bits per heavy atom. The summed E-state index contributed by atoms with van der Waals surface area (Å²) in [5, 5.41) is 0.711. The highest BCUT2D eigenvalue weighted by Crippen LogP contribution is 2.34. The molecule has 38 heavy (non-hydrogen) atoms. The van der Waals surface area contributed by atoms with Gasteiger partial charge in [0.1, 0.15) is 5.60 Å². The van der Waals surface area contributed by atoms with Crippen LogP contribution < -0.4 is 9.80 Å². The third-order valence-corrected chi connectivity index (χ3v) is 7.29. The number of amides is 2. The van der Waals surface area contributed by atoms with Gasteiger partial charge in [0.05, 0.1) is 6.04 Å². The van der Waals surface area contributed by atoms with Crippen molar-refractivity contribution in [3.8, 4) is 0 Å². The Balaban J connectivity index is 1.49. The number of hydrogen-bond donors (Lipinski definition) is 0. The monoisotopic (exact) mass is 540 g/mol. The minimum Gasteiger partial charge on any atom is -0.444 e. The van der Waals surface area contributed by atoms with Gasteiger partial charge < -0.3 is 24.3 Å². The molecule has 0 radical (unpaired) electrons. The lowest BCUT2D eigenvalue weighted by Crippen LogP contribution is -2.53. The van der Waals surface area contributed by atoms with Crippen molar-refractivity contribution in [2.45, 2.75) is 53.2 Å². The molecule has 0 N–H and O–H groups in total. The summed E-state index contributed by atoms with van der Waals surface area (Å²) in [7, 11) is 0. The molecule has 0 aromatic heterocycles.